The van der Waals surface area contributed by atoms with E-state index in [0.29, 0.717) is 45.3 Å². The number of unbranched alkanes of at least 4 members (excludes halogenated alkanes) is 1. The lowest BCUT2D eigenvalue weighted by molar-refractivity contribution is -0.149. The molecule has 1 atom stereocenters. The van der Waals surface area contributed by atoms with E-state index in [1.807, 2.05) is 26.0 Å². The number of carbonyl (C=O) groups is 2. The molecule has 8 nitrogen and oxygen atoms in total. The van der Waals surface area contributed by atoms with Gasteiger partial charge in [0.2, 0.25) is 0 Å². The minimum atomic E-state index is -0.985. The van der Waals surface area contributed by atoms with E-state index in [2.05, 4.69) is 5.32 Å². The standard InChI is InChI=1S/C28H39FN2O6/c1-4-36-26(27(32)33)19-22-9-13-25(14-10-22)37-18-16-31(28(34)30-21(2)3)15-5-6-17-35-20-23-7-11-24(29)12-8-23/h7-14,21,26H,4-6,15-20H2,1-3H3,(H,30,34)(H,32,33). The summed E-state index contributed by atoms with van der Waals surface area (Å²) in [5.74, 6) is -0.609. The van der Waals surface area contributed by atoms with Gasteiger partial charge in [-0.1, -0.05) is 24.3 Å². The maximum atomic E-state index is 13.0. The van der Waals surface area contributed by atoms with Gasteiger partial charge in [-0.15, -0.1) is 0 Å². The monoisotopic (exact) mass is 518 g/mol. The van der Waals surface area contributed by atoms with Gasteiger partial charge in [-0.25, -0.2) is 14.0 Å². The Labute approximate surface area is 218 Å². The number of nitrogens with one attached hydrogen (secondary N) is 1. The van der Waals surface area contributed by atoms with Gasteiger partial charge in [0.25, 0.3) is 0 Å². The van der Waals surface area contributed by atoms with Crippen LogP contribution in [-0.4, -0.2) is 67.1 Å². The Morgan fingerprint density at radius 2 is 1.65 bits per heavy atom. The second-order valence-corrected chi connectivity index (χ2v) is 8.96. The summed E-state index contributed by atoms with van der Waals surface area (Å²) in [5.41, 5.74) is 1.76. The zero-order valence-electron chi connectivity index (χ0n) is 22.0. The van der Waals surface area contributed by atoms with E-state index in [1.165, 1.54) is 12.1 Å². The zero-order valence-corrected chi connectivity index (χ0v) is 22.0. The number of hydrogen-bond donors (Lipinski definition) is 2. The fourth-order valence-electron chi connectivity index (χ4n) is 3.56. The van der Waals surface area contributed by atoms with E-state index >= 15 is 0 Å². The van der Waals surface area contributed by atoms with Crippen LogP contribution >= 0.6 is 0 Å². The highest BCUT2D eigenvalue weighted by atomic mass is 19.1. The average Bonchev–Trinajstić information content (AvgIpc) is 2.86. The molecule has 0 radical (unpaired) electrons. The fraction of sp³-hybridized carbons (Fsp3) is 0.500. The number of rotatable bonds is 17. The van der Waals surface area contributed by atoms with Gasteiger partial charge in [0.05, 0.1) is 13.2 Å². The fourth-order valence-corrected chi connectivity index (χ4v) is 3.56. The molecule has 0 aliphatic rings. The first-order valence-electron chi connectivity index (χ1n) is 12.7. The number of nitrogens with zero attached hydrogens (tertiary/aromatic N) is 1. The second-order valence-electron chi connectivity index (χ2n) is 8.96. The molecule has 0 aliphatic heterocycles. The predicted octanol–water partition coefficient (Wildman–Crippen LogP) is 4.65. The van der Waals surface area contributed by atoms with Gasteiger partial charge < -0.3 is 29.5 Å². The van der Waals surface area contributed by atoms with Crippen LogP contribution in [0.5, 0.6) is 5.75 Å². The molecule has 9 heteroatoms. The Balaban J connectivity index is 1.76. The van der Waals surface area contributed by atoms with E-state index in [0.717, 1.165) is 24.0 Å². The lowest BCUT2D eigenvalue weighted by Gasteiger charge is -2.24. The van der Waals surface area contributed by atoms with Crippen molar-refractivity contribution in [3.05, 3.63) is 65.5 Å². The van der Waals surface area contributed by atoms with Crippen LogP contribution in [0.2, 0.25) is 0 Å². The highest BCUT2D eigenvalue weighted by Crippen LogP contribution is 2.15. The molecule has 2 aromatic rings. The van der Waals surface area contributed by atoms with Gasteiger partial charge in [-0.2, -0.15) is 0 Å². The van der Waals surface area contributed by atoms with Crippen molar-refractivity contribution in [1.82, 2.24) is 10.2 Å². The average molecular weight is 519 g/mol. The van der Waals surface area contributed by atoms with Crippen LogP contribution in [0.3, 0.4) is 0 Å². The quantitative estimate of drug-likeness (QED) is 0.296. The molecule has 0 fully saturated rings. The highest BCUT2D eigenvalue weighted by molar-refractivity contribution is 5.74. The van der Waals surface area contributed by atoms with Crippen molar-refractivity contribution in [2.45, 2.75) is 58.8 Å². The molecule has 0 aliphatic carbocycles. The van der Waals surface area contributed by atoms with Gasteiger partial charge in [0.1, 0.15) is 18.2 Å². The Kier molecular flexibility index (Phi) is 13.4. The van der Waals surface area contributed by atoms with Gasteiger partial charge in [0.15, 0.2) is 6.10 Å². The molecular weight excluding hydrogens is 479 g/mol. The summed E-state index contributed by atoms with van der Waals surface area (Å²) in [6.07, 6.45) is 0.959. The van der Waals surface area contributed by atoms with Crippen LogP contribution in [0.4, 0.5) is 9.18 Å². The molecule has 2 rings (SSSR count). The van der Waals surface area contributed by atoms with Crippen molar-refractivity contribution in [3.8, 4) is 5.75 Å². The Bertz CT molecular complexity index is 937. The molecule has 2 amide bonds. The van der Waals surface area contributed by atoms with Crippen LogP contribution in [0.15, 0.2) is 48.5 Å². The first kappa shape index (κ1) is 30.1. The van der Waals surface area contributed by atoms with Crippen LogP contribution in [0.1, 0.15) is 44.7 Å². The lowest BCUT2D eigenvalue weighted by Crippen LogP contribution is -2.45. The van der Waals surface area contributed by atoms with Crippen LogP contribution < -0.4 is 10.1 Å². The molecule has 1 unspecified atom stereocenters. The molecule has 37 heavy (non-hydrogen) atoms. The Morgan fingerprint density at radius 3 is 2.27 bits per heavy atom. The molecule has 0 spiro atoms. The summed E-state index contributed by atoms with van der Waals surface area (Å²) in [6.45, 7) is 8.21. The van der Waals surface area contributed by atoms with Crippen LogP contribution in [0, 0.1) is 5.82 Å². The number of aliphatic carboxylic acids is 1. The van der Waals surface area contributed by atoms with Crippen molar-refractivity contribution in [2.75, 3.05) is 32.9 Å². The number of amides is 2. The van der Waals surface area contributed by atoms with Gasteiger partial charge in [-0.3, -0.25) is 0 Å². The largest absolute Gasteiger partial charge is 0.492 e. The lowest BCUT2D eigenvalue weighted by atomic mass is 10.1. The maximum absolute atomic E-state index is 13.0. The number of carboxylic acid groups (broad SMARTS) is 1. The van der Waals surface area contributed by atoms with Crippen molar-refractivity contribution >= 4 is 12.0 Å². The van der Waals surface area contributed by atoms with Crippen molar-refractivity contribution < 1.29 is 33.3 Å². The van der Waals surface area contributed by atoms with E-state index in [-0.39, 0.29) is 24.3 Å². The molecule has 0 bridgehead atoms. The third kappa shape index (κ3) is 12.1. The Hall–Kier alpha value is -3.17. The third-order valence-corrected chi connectivity index (χ3v) is 5.47. The third-order valence-electron chi connectivity index (χ3n) is 5.47. The summed E-state index contributed by atoms with van der Waals surface area (Å²) < 4.78 is 29.7. The zero-order chi connectivity index (χ0) is 27.0. The van der Waals surface area contributed by atoms with Crippen LogP contribution in [0.25, 0.3) is 0 Å². The summed E-state index contributed by atoms with van der Waals surface area (Å²) in [5, 5.41) is 12.2. The SMILES string of the molecule is CCOC(Cc1ccc(OCCN(CCCCOCc2ccc(F)cc2)C(=O)NC(C)C)cc1)C(=O)O. The molecule has 0 heterocycles. The minimum absolute atomic E-state index is 0.0221. The van der Waals surface area contributed by atoms with E-state index < -0.39 is 12.1 Å². The molecule has 0 aromatic heterocycles. The van der Waals surface area contributed by atoms with Crippen molar-refractivity contribution in [3.63, 3.8) is 0 Å². The molecule has 204 valence electrons. The number of ether oxygens (including phenoxy) is 3. The normalized spacial score (nSPS) is 11.8. The predicted molar refractivity (Wildman–Crippen MR) is 139 cm³/mol. The molecular formula is C28H39FN2O6. The number of carboxylic acids is 1. The summed E-state index contributed by atoms with van der Waals surface area (Å²) in [7, 11) is 0. The Morgan fingerprint density at radius 1 is 0.973 bits per heavy atom. The smallest absolute Gasteiger partial charge is 0.333 e. The van der Waals surface area contributed by atoms with E-state index in [4.69, 9.17) is 14.2 Å². The number of hydrogen-bond acceptors (Lipinski definition) is 5. The molecule has 0 saturated heterocycles. The molecule has 2 N–H and O–H groups in total. The highest BCUT2D eigenvalue weighted by Gasteiger charge is 2.18. The second kappa shape index (κ2) is 16.6. The van der Waals surface area contributed by atoms with Crippen LogP contribution in [-0.2, 0) is 27.3 Å². The molecule has 2 aromatic carbocycles. The summed E-state index contributed by atoms with van der Waals surface area (Å²) in [4.78, 5) is 25.6. The van der Waals surface area contributed by atoms with Gasteiger partial charge in [0, 0.05) is 32.2 Å². The number of halogens is 1. The number of benzene rings is 2. The number of urea groups is 1. The van der Waals surface area contributed by atoms with Gasteiger partial charge >= 0.3 is 12.0 Å². The number of carbonyl (C=O) groups excluding carboxylic acids is 1. The first-order valence-corrected chi connectivity index (χ1v) is 12.7. The summed E-state index contributed by atoms with van der Waals surface area (Å²) in [6, 6.07) is 13.3. The van der Waals surface area contributed by atoms with Crippen molar-refractivity contribution in [2.24, 2.45) is 0 Å². The maximum Gasteiger partial charge on any atom is 0.333 e. The van der Waals surface area contributed by atoms with Gasteiger partial charge in [-0.05, 0) is 69.0 Å². The molecule has 0 saturated carbocycles. The minimum Gasteiger partial charge on any atom is -0.492 e. The van der Waals surface area contributed by atoms with Crippen molar-refractivity contribution in [1.29, 1.82) is 0 Å². The van der Waals surface area contributed by atoms with E-state index in [1.54, 1.807) is 36.1 Å². The summed E-state index contributed by atoms with van der Waals surface area (Å²) >= 11 is 0. The topological polar surface area (TPSA) is 97.3 Å². The van der Waals surface area contributed by atoms with E-state index in [9.17, 15) is 19.1 Å². The first-order chi connectivity index (χ1) is 17.8.